The number of rotatable bonds is 2. The molecule has 0 radical (unpaired) electrons. The highest BCUT2D eigenvalue weighted by atomic mass is 127. The molecule has 1 aromatic carbocycles. The zero-order chi connectivity index (χ0) is 11.7. The molecule has 2 rings (SSSR count). The minimum atomic E-state index is 0.402. The summed E-state index contributed by atoms with van der Waals surface area (Å²) < 4.78 is 11.3. The van der Waals surface area contributed by atoms with E-state index < -0.39 is 0 Å². The van der Waals surface area contributed by atoms with E-state index in [-0.39, 0.29) is 0 Å². The number of anilines is 1. The van der Waals surface area contributed by atoms with Gasteiger partial charge in [0.2, 0.25) is 0 Å². The lowest BCUT2D eigenvalue weighted by Gasteiger charge is -2.06. The Labute approximate surface area is 107 Å². The molecule has 4 nitrogen and oxygen atoms in total. The van der Waals surface area contributed by atoms with Crippen LogP contribution in [0.4, 0.5) is 5.82 Å². The topological polar surface area (TPSA) is 61.3 Å². The first-order chi connectivity index (χ1) is 7.63. The van der Waals surface area contributed by atoms with Gasteiger partial charge in [-0.2, -0.15) is 0 Å². The van der Waals surface area contributed by atoms with Crippen LogP contribution in [-0.2, 0) is 0 Å². The number of methoxy groups -OCH3 is 1. The largest absolute Gasteiger partial charge is 0.496 e. The SMILES string of the molecule is COc1ccc(C)cc1-c1onc(N)c1I. The first-order valence-electron chi connectivity index (χ1n) is 4.69. The Bertz CT molecular complexity index is 523. The second-order valence-corrected chi connectivity index (χ2v) is 4.49. The van der Waals surface area contributed by atoms with E-state index in [0.29, 0.717) is 11.6 Å². The molecule has 84 valence electrons. The Morgan fingerprint density at radius 1 is 1.44 bits per heavy atom. The van der Waals surface area contributed by atoms with E-state index in [1.807, 2.05) is 25.1 Å². The van der Waals surface area contributed by atoms with Crippen molar-refractivity contribution in [2.45, 2.75) is 6.92 Å². The van der Waals surface area contributed by atoms with Crippen LogP contribution >= 0.6 is 22.6 Å². The van der Waals surface area contributed by atoms with Gasteiger partial charge in [0.05, 0.1) is 12.7 Å². The summed E-state index contributed by atoms with van der Waals surface area (Å²) in [5.41, 5.74) is 7.65. The van der Waals surface area contributed by atoms with Gasteiger partial charge in [-0.05, 0) is 41.6 Å². The van der Waals surface area contributed by atoms with Crippen molar-refractivity contribution in [3.63, 3.8) is 0 Å². The van der Waals surface area contributed by atoms with Crippen molar-refractivity contribution >= 4 is 28.4 Å². The number of halogens is 1. The third-order valence-corrected chi connectivity index (χ3v) is 3.30. The molecule has 0 fully saturated rings. The number of nitrogens with zero attached hydrogens (tertiary/aromatic N) is 1. The quantitative estimate of drug-likeness (QED) is 0.860. The summed E-state index contributed by atoms with van der Waals surface area (Å²) in [6.07, 6.45) is 0. The standard InChI is InChI=1S/C11H11IN2O2/c1-6-3-4-8(15-2)7(5-6)10-9(12)11(13)14-16-10/h3-5H,1-2H3,(H2,13,14). The third-order valence-electron chi connectivity index (χ3n) is 2.26. The summed E-state index contributed by atoms with van der Waals surface area (Å²) in [6, 6.07) is 5.87. The fourth-order valence-corrected chi connectivity index (χ4v) is 1.95. The molecule has 0 bridgehead atoms. The van der Waals surface area contributed by atoms with Crippen LogP contribution in [0.15, 0.2) is 22.7 Å². The summed E-state index contributed by atoms with van der Waals surface area (Å²) in [5.74, 6) is 1.80. The van der Waals surface area contributed by atoms with E-state index >= 15 is 0 Å². The van der Waals surface area contributed by atoms with Crippen molar-refractivity contribution in [1.82, 2.24) is 5.16 Å². The molecule has 16 heavy (non-hydrogen) atoms. The predicted octanol–water partition coefficient (Wildman–Crippen LogP) is 2.85. The van der Waals surface area contributed by atoms with Crippen molar-refractivity contribution in [2.75, 3.05) is 12.8 Å². The third kappa shape index (κ3) is 1.87. The van der Waals surface area contributed by atoms with Gasteiger partial charge in [0.25, 0.3) is 0 Å². The van der Waals surface area contributed by atoms with Gasteiger partial charge in [-0.25, -0.2) is 0 Å². The summed E-state index contributed by atoms with van der Waals surface area (Å²) in [6.45, 7) is 2.01. The van der Waals surface area contributed by atoms with Crippen molar-refractivity contribution in [3.8, 4) is 17.1 Å². The first-order valence-corrected chi connectivity index (χ1v) is 5.77. The Hall–Kier alpha value is -1.24. The summed E-state index contributed by atoms with van der Waals surface area (Å²) in [7, 11) is 1.63. The molecular formula is C11H11IN2O2. The van der Waals surface area contributed by atoms with E-state index in [2.05, 4.69) is 27.7 Å². The van der Waals surface area contributed by atoms with Gasteiger partial charge in [0.1, 0.15) is 9.32 Å². The van der Waals surface area contributed by atoms with Crippen LogP contribution in [-0.4, -0.2) is 12.3 Å². The number of aryl methyl sites for hydroxylation is 1. The molecule has 0 saturated carbocycles. The molecule has 1 aromatic heterocycles. The molecular weight excluding hydrogens is 319 g/mol. The van der Waals surface area contributed by atoms with E-state index in [1.54, 1.807) is 7.11 Å². The fraction of sp³-hybridized carbons (Fsp3) is 0.182. The molecule has 0 aliphatic carbocycles. The number of ether oxygens (including phenoxy) is 1. The van der Waals surface area contributed by atoms with Gasteiger partial charge >= 0.3 is 0 Å². The van der Waals surface area contributed by atoms with Gasteiger partial charge in [0, 0.05) is 0 Å². The molecule has 2 aromatic rings. The second kappa shape index (κ2) is 4.32. The molecule has 1 heterocycles. The van der Waals surface area contributed by atoms with Crippen LogP contribution in [0.3, 0.4) is 0 Å². The molecule has 2 N–H and O–H groups in total. The smallest absolute Gasteiger partial charge is 0.186 e. The van der Waals surface area contributed by atoms with Crippen LogP contribution in [0.5, 0.6) is 5.75 Å². The van der Waals surface area contributed by atoms with Gasteiger partial charge < -0.3 is 15.0 Å². The molecule has 0 aliphatic heterocycles. The Kier molecular flexibility index (Phi) is 3.04. The van der Waals surface area contributed by atoms with Gasteiger partial charge in [0.15, 0.2) is 11.6 Å². The number of hydrogen-bond acceptors (Lipinski definition) is 4. The maximum absolute atomic E-state index is 5.65. The lowest BCUT2D eigenvalue weighted by atomic mass is 10.1. The molecule has 5 heteroatoms. The van der Waals surface area contributed by atoms with Gasteiger partial charge in [-0.3, -0.25) is 0 Å². The average Bonchev–Trinajstić information content (AvgIpc) is 2.60. The van der Waals surface area contributed by atoms with Crippen molar-refractivity contribution in [1.29, 1.82) is 0 Å². The lowest BCUT2D eigenvalue weighted by molar-refractivity contribution is 0.406. The monoisotopic (exact) mass is 330 g/mol. The zero-order valence-electron chi connectivity index (χ0n) is 8.95. The highest BCUT2D eigenvalue weighted by Gasteiger charge is 2.17. The molecule has 0 amide bonds. The normalized spacial score (nSPS) is 10.4. The number of hydrogen-bond donors (Lipinski definition) is 1. The summed E-state index contributed by atoms with van der Waals surface area (Å²) in [4.78, 5) is 0. The number of benzene rings is 1. The number of aromatic nitrogens is 1. The van der Waals surface area contributed by atoms with Crippen LogP contribution in [0.25, 0.3) is 11.3 Å². The Balaban J connectivity index is 2.62. The second-order valence-electron chi connectivity index (χ2n) is 3.41. The maximum Gasteiger partial charge on any atom is 0.186 e. The van der Waals surface area contributed by atoms with E-state index in [9.17, 15) is 0 Å². The van der Waals surface area contributed by atoms with E-state index in [4.69, 9.17) is 15.0 Å². The van der Waals surface area contributed by atoms with Crippen LogP contribution < -0.4 is 10.5 Å². The Morgan fingerprint density at radius 3 is 2.75 bits per heavy atom. The number of nitrogens with two attached hydrogens (primary N) is 1. The van der Waals surface area contributed by atoms with Crippen molar-refractivity contribution in [3.05, 3.63) is 27.3 Å². The maximum atomic E-state index is 5.65. The first kappa shape index (κ1) is 11.3. The van der Waals surface area contributed by atoms with Crippen molar-refractivity contribution < 1.29 is 9.26 Å². The highest BCUT2D eigenvalue weighted by molar-refractivity contribution is 14.1. The molecule has 0 unspecified atom stereocenters. The number of nitrogen functional groups attached to an aromatic ring is 1. The minimum absolute atomic E-state index is 0.402. The average molecular weight is 330 g/mol. The summed E-state index contributed by atoms with van der Waals surface area (Å²) in [5, 5.41) is 3.74. The van der Waals surface area contributed by atoms with Crippen LogP contribution in [0.1, 0.15) is 5.56 Å². The zero-order valence-corrected chi connectivity index (χ0v) is 11.1. The minimum Gasteiger partial charge on any atom is -0.496 e. The molecule has 0 atom stereocenters. The Morgan fingerprint density at radius 2 is 2.19 bits per heavy atom. The van der Waals surface area contributed by atoms with Crippen LogP contribution in [0.2, 0.25) is 0 Å². The molecule has 0 aliphatic rings. The van der Waals surface area contributed by atoms with Crippen molar-refractivity contribution in [2.24, 2.45) is 0 Å². The summed E-state index contributed by atoms with van der Waals surface area (Å²) >= 11 is 2.11. The highest BCUT2D eigenvalue weighted by Crippen LogP contribution is 2.35. The van der Waals surface area contributed by atoms with E-state index in [1.165, 1.54) is 0 Å². The van der Waals surface area contributed by atoms with Gasteiger partial charge in [-0.1, -0.05) is 16.8 Å². The predicted molar refractivity (Wildman–Crippen MR) is 70.4 cm³/mol. The van der Waals surface area contributed by atoms with Gasteiger partial charge in [-0.15, -0.1) is 0 Å². The van der Waals surface area contributed by atoms with E-state index in [0.717, 1.165) is 20.4 Å². The fourth-order valence-electron chi connectivity index (χ4n) is 1.46. The molecule has 0 spiro atoms. The molecule has 0 saturated heterocycles. The van der Waals surface area contributed by atoms with Crippen LogP contribution in [0, 0.1) is 10.5 Å². The lowest BCUT2D eigenvalue weighted by Crippen LogP contribution is -1.90.